The number of ether oxygens (including phenoxy) is 9. The van der Waals surface area contributed by atoms with E-state index in [0.717, 1.165) is 16.7 Å². The lowest BCUT2D eigenvalue weighted by atomic mass is 9.97. The number of carbonyl (C=O) groups excluding carboxylic acids is 2. The second kappa shape index (κ2) is 21.1. The Morgan fingerprint density at radius 1 is 0.525 bits per heavy atom. The molecule has 2 aliphatic heterocycles. The van der Waals surface area contributed by atoms with E-state index in [-0.39, 0.29) is 26.2 Å². The molecule has 0 aliphatic carbocycles. The summed E-state index contributed by atoms with van der Waals surface area (Å²) in [7, 11) is 1.56. The minimum absolute atomic E-state index is 0.0128. The van der Waals surface area contributed by atoms with E-state index in [1.807, 2.05) is 103 Å². The average Bonchev–Trinajstić information content (AvgIpc) is 3.29. The molecule has 5 aromatic carbocycles. The smallest absolute Gasteiger partial charge is 0.338 e. The summed E-state index contributed by atoms with van der Waals surface area (Å²) in [5, 5.41) is 0. The van der Waals surface area contributed by atoms with Crippen LogP contribution in [0.3, 0.4) is 0 Å². The lowest BCUT2D eigenvalue weighted by molar-refractivity contribution is -0.331. The molecule has 11 heteroatoms. The fourth-order valence-electron chi connectivity index (χ4n) is 7.21. The van der Waals surface area contributed by atoms with E-state index < -0.39 is 67.2 Å². The Kier molecular flexibility index (Phi) is 15.0. The fourth-order valence-corrected chi connectivity index (χ4v) is 7.21. The van der Waals surface area contributed by atoms with Crippen LogP contribution in [0, 0.1) is 0 Å². The Labute approximate surface area is 345 Å². The normalized spacial score (nSPS) is 25.5. The molecule has 2 heterocycles. The van der Waals surface area contributed by atoms with E-state index in [4.69, 9.17) is 42.6 Å². The monoisotopic (exact) mass is 802 g/mol. The first kappa shape index (κ1) is 41.9. The summed E-state index contributed by atoms with van der Waals surface area (Å²) in [5.74, 6) is -1.12. The third-order valence-electron chi connectivity index (χ3n) is 10.3. The van der Waals surface area contributed by atoms with Crippen LogP contribution in [0.15, 0.2) is 152 Å². The fraction of sp³-hybridized carbons (Fsp3) is 0.333. The minimum Gasteiger partial charge on any atom is -0.455 e. The number of hydrogen-bond donors (Lipinski definition) is 0. The van der Waals surface area contributed by atoms with Gasteiger partial charge in [0, 0.05) is 13.5 Å². The summed E-state index contributed by atoms with van der Waals surface area (Å²) in [6.07, 6.45) is -6.95. The van der Waals surface area contributed by atoms with Crippen molar-refractivity contribution < 1.29 is 52.2 Å². The molecule has 0 radical (unpaired) electrons. The van der Waals surface area contributed by atoms with Crippen LogP contribution in [0.1, 0.15) is 50.8 Å². The van der Waals surface area contributed by atoms with E-state index in [9.17, 15) is 9.59 Å². The van der Waals surface area contributed by atoms with Gasteiger partial charge < -0.3 is 42.6 Å². The van der Waals surface area contributed by atoms with Crippen molar-refractivity contribution in [3.8, 4) is 0 Å². The van der Waals surface area contributed by atoms with E-state index in [0.29, 0.717) is 17.7 Å². The third kappa shape index (κ3) is 11.5. The van der Waals surface area contributed by atoms with E-state index >= 15 is 0 Å². The largest absolute Gasteiger partial charge is 0.455 e. The highest BCUT2D eigenvalue weighted by atomic mass is 16.7. The number of methoxy groups -OCH3 is 1. The molecule has 7 rings (SSSR count). The molecule has 0 saturated carbocycles. The van der Waals surface area contributed by atoms with Crippen LogP contribution in [-0.2, 0) is 62.5 Å². The second-order valence-electron chi connectivity index (χ2n) is 14.4. The van der Waals surface area contributed by atoms with Crippen LogP contribution in [0.5, 0.6) is 0 Å². The van der Waals surface area contributed by atoms with Gasteiger partial charge in [-0.25, -0.2) is 9.59 Å². The molecule has 59 heavy (non-hydrogen) atoms. The molecule has 0 amide bonds. The molecule has 2 aliphatic rings. The highest BCUT2D eigenvalue weighted by Gasteiger charge is 2.50. The first-order valence-corrected chi connectivity index (χ1v) is 19.9. The Morgan fingerprint density at radius 2 is 0.966 bits per heavy atom. The number of benzene rings is 5. The van der Waals surface area contributed by atoms with Gasteiger partial charge in [-0.1, -0.05) is 127 Å². The molecule has 308 valence electrons. The van der Waals surface area contributed by atoms with Crippen LogP contribution in [-0.4, -0.2) is 81.0 Å². The van der Waals surface area contributed by atoms with Gasteiger partial charge in [-0.05, 0) is 47.9 Å². The van der Waals surface area contributed by atoms with Gasteiger partial charge in [-0.3, -0.25) is 0 Å². The summed E-state index contributed by atoms with van der Waals surface area (Å²) in [4.78, 5) is 26.6. The van der Waals surface area contributed by atoms with Gasteiger partial charge in [-0.15, -0.1) is 0 Å². The maximum absolute atomic E-state index is 13.4. The van der Waals surface area contributed by atoms with Crippen LogP contribution in [0.25, 0.3) is 0 Å². The second-order valence-corrected chi connectivity index (χ2v) is 14.4. The van der Waals surface area contributed by atoms with Crippen LogP contribution >= 0.6 is 0 Å². The summed E-state index contributed by atoms with van der Waals surface area (Å²) >= 11 is 0. The van der Waals surface area contributed by atoms with Gasteiger partial charge >= 0.3 is 11.9 Å². The topological polar surface area (TPSA) is 117 Å². The van der Waals surface area contributed by atoms with E-state index in [1.165, 1.54) is 0 Å². The summed E-state index contributed by atoms with van der Waals surface area (Å²) in [6, 6.07) is 46.9. The van der Waals surface area contributed by atoms with Gasteiger partial charge in [0.15, 0.2) is 18.7 Å². The molecule has 0 N–H and O–H groups in total. The molecule has 0 unspecified atom stereocenters. The van der Waals surface area contributed by atoms with Crippen molar-refractivity contribution in [1.29, 1.82) is 0 Å². The van der Waals surface area contributed by atoms with Gasteiger partial charge in [-0.2, -0.15) is 0 Å². The molecule has 9 atom stereocenters. The van der Waals surface area contributed by atoms with Crippen LogP contribution < -0.4 is 0 Å². The average molecular weight is 803 g/mol. The number of esters is 2. The van der Waals surface area contributed by atoms with E-state index in [1.54, 1.807) is 62.6 Å². The van der Waals surface area contributed by atoms with Crippen molar-refractivity contribution in [2.45, 2.75) is 88.5 Å². The van der Waals surface area contributed by atoms with Crippen molar-refractivity contribution >= 4 is 11.9 Å². The summed E-state index contributed by atoms with van der Waals surface area (Å²) < 4.78 is 57.4. The molecule has 0 spiro atoms. The number of carbonyl (C=O) groups is 2. The Bertz CT molecular complexity index is 2000. The molecule has 2 saturated heterocycles. The van der Waals surface area contributed by atoms with Crippen molar-refractivity contribution in [1.82, 2.24) is 0 Å². The molecular weight excluding hydrogens is 753 g/mol. The zero-order valence-corrected chi connectivity index (χ0v) is 33.2. The standard InChI is InChI=1S/C48H50O11/c1-33-42(59-47(50)38-26-16-7-17-27-38)39(57-46(49)37-24-14-6-15-25-37)28-41(56-33)52-32-40-43(53-29-34-18-8-3-9-19-34)44(54-30-35-20-10-4-11-21-35)45(48(51-2)58-40)55-31-36-22-12-5-13-23-36/h3-27,33,39-45,48H,28-32H2,1-2H3/t33-,39-,40-,41-,42-,43-,44+,45-,48+/m1/s1. The SMILES string of the molecule is CO[C@H]1O[C@H](CO[C@H]2C[C@@H](OC(=O)c3ccccc3)[C@H](OC(=O)c3ccccc3)[C@@H](C)O2)[C@@H](OCc2ccccc2)[C@H](OCc2ccccc2)[C@H]1OCc1ccccc1. The Hall–Kier alpha value is -5.24. The lowest BCUT2D eigenvalue weighted by Crippen LogP contribution is -2.62. The molecule has 5 aromatic rings. The van der Waals surface area contributed by atoms with Crippen molar-refractivity contribution in [3.05, 3.63) is 179 Å². The maximum Gasteiger partial charge on any atom is 0.338 e. The van der Waals surface area contributed by atoms with Crippen LogP contribution in [0.2, 0.25) is 0 Å². The van der Waals surface area contributed by atoms with Gasteiger partial charge in [0.1, 0.15) is 30.5 Å². The Morgan fingerprint density at radius 3 is 1.46 bits per heavy atom. The predicted octanol–water partition coefficient (Wildman–Crippen LogP) is 7.72. The quantitative estimate of drug-likeness (QED) is 0.0861. The highest BCUT2D eigenvalue weighted by molar-refractivity contribution is 5.90. The minimum atomic E-state index is -0.917. The van der Waals surface area contributed by atoms with E-state index in [2.05, 4.69) is 0 Å². The highest BCUT2D eigenvalue weighted by Crippen LogP contribution is 2.33. The molecular formula is C48H50O11. The van der Waals surface area contributed by atoms with Gasteiger partial charge in [0.25, 0.3) is 0 Å². The van der Waals surface area contributed by atoms with Crippen molar-refractivity contribution in [3.63, 3.8) is 0 Å². The van der Waals surface area contributed by atoms with Crippen molar-refractivity contribution in [2.75, 3.05) is 13.7 Å². The molecule has 0 bridgehead atoms. The van der Waals surface area contributed by atoms with Crippen LogP contribution in [0.4, 0.5) is 0 Å². The lowest BCUT2D eigenvalue weighted by Gasteiger charge is -2.46. The van der Waals surface area contributed by atoms with Crippen molar-refractivity contribution in [2.24, 2.45) is 0 Å². The molecule has 11 nitrogen and oxygen atoms in total. The first-order chi connectivity index (χ1) is 28.9. The third-order valence-corrected chi connectivity index (χ3v) is 10.3. The maximum atomic E-state index is 13.4. The molecule has 2 fully saturated rings. The first-order valence-electron chi connectivity index (χ1n) is 19.9. The molecule has 0 aromatic heterocycles. The van der Waals surface area contributed by atoms with Gasteiger partial charge in [0.05, 0.1) is 43.7 Å². The zero-order valence-electron chi connectivity index (χ0n) is 33.2. The predicted molar refractivity (Wildman–Crippen MR) is 217 cm³/mol. The Balaban J connectivity index is 1.12. The number of rotatable bonds is 17. The van der Waals surface area contributed by atoms with Gasteiger partial charge in [0.2, 0.25) is 0 Å². The number of hydrogen-bond acceptors (Lipinski definition) is 11. The summed E-state index contributed by atoms with van der Waals surface area (Å²) in [6.45, 7) is 2.59. The summed E-state index contributed by atoms with van der Waals surface area (Å²) in [5.41, 5.74) is 3.66. The zero-order chi connectivity index (χ0) is 40.8.